The topological polar surface area (TPSA) is 42.2 Å². The van der Waals surface area contributed by atoms with Gasteiger partial charge in [-0.3, -0.25) is 9.88 Å². The number of nitrogens with two attached hydrogens (primary N) is 1. The number of likely N-dealkylation sites (N-methyl/N-ethyl adjacent to an activating group) is 1. The molecule has 21 heavy (non-hydrogen) atoms. The summed E-state index contributed by atoms with van der Waals surface area (Å²) >= 11 is 0. The Balaban J connectivity index is 2.06. The Bertz CT molecular complexity index is 575. The van der Waals surface area contributed by atoms with Gasteiger partial charge in [-0.05, 0) is 37.2 Å². The largest absolute Gasteiger partial charge is 0.329 e. The van der Waals surface area contributed by atoms with Crippen LogP contribution in [0.4, 0.5) is 8.78 Å². The van der Waals surface area contributed by atoms with E-state index in [0.717, 1.165) is 24.6 Å². The summed E-state index contributed by atoms with van der Waals surface area (Å²) in [7, 11) is 1.89. The molecule has 1 aromatic heterocycles. The second-order valence-electron chi connectivity index (χ2n) is 5.00. The van der Waals surface area contributed by atoms with Gasteiger partial charge in [0.2, 0.25) is 0 Å². The molecule has 0 radical (unpaired) electrons. The van der Waals surface area contributed by atoms with Crippen LogP contribution in [0.2, 0.25) is 0 Å². The van der Waals surface area contributed by atoms with Crippen LogP contribution in [0.1, 0.15) is 17.2 Å². The highest BCUT2D eigenvalue weighted by atomic mass is 19.1. The molecule has 1 atom stereocenters. The molecule has 112 valence electrons. The van der Waals surface area contributed by atoms with Gasteiger partial charge in [-0.2, -0.15) is 0 Å². The predicted octanol–water partition coefficient (Wildman–Crippen LogP) is 2.53. The lowest BCUT2D eigenvalue weighted by atomic mass is 10.0. The van der Waals surface area contributed by atoms with Crippen molar-refractivity contribution in [2.45, 2.75) is 12.5 Å². The van der Waals surface area contributed by atoms with Crippen molar-refractivity contribution >= 4 is 0 Å². The maximum absolute atomic E-state index is 13.9. The standard InChI is InChI=1S/C16H19F2N3/c1-21(9-6-12-4-7-20-8-5-12)16(11-19)14-3-2-13(17)10-15(14)18/h2-5,7-8,10,16H,6,9,11,19H2,1H3. The van der Waals surface area contributed by atoms with Gasteiger partial charge < -0.3 is 5.73 Å². The van der Waals surface area contributed by atoms with E-state index in [0.29, 0.717) is 5.56 Å². The van der Waals surface area contributed by atoms with Gasteiger partial charge in [0.25, 0.3) is 0 Å². The summed E-state index contributed by atoms with van der Waals surface area (Å²) in [6, 6.07) is 7.25. The summed E-state index contributed by atoms with van der Waals surface area (Å²) in [6.45, 7) is 0.998. The molecule has 0 aliphatic rings. The zero-order valence-electron chi connectivity index (χ0n) is 12.0. The highest BCUT2D eigenvalue weighted by Gasteiger charge is 2.19. The fourth-order valence-electron chi connectivity index (χ4n) is 2.33. The molecular weight excluding hydrogens is 272 g/mol. The summed E-state index contributed by atoms with van der Waals surface area (Å²) in [5.74, 6) is -1.13. The molecule has 1 unspecified atom stereocenters. The van der Waals surface area contributed by atoms with Crippen LogP contribution in [0, 0.1) is 11.6 Å². The number of benzene rings is 1. The average molecular weight is 291 g/mol. The molecule has 0 fully saturated rings. The molecule has 0 bridgehead atoms. The van der Waals surface area contributed by atoms with Crippen LogP contribution in [0.15, 0.2) is 42.7 Å². The Hall–Kier alpha value is -1.85. The number of hydrogen-bond acceptors (Lipinski definition) is 3. The Morgan fingerprint density at radius 3 is 2.52 bits per heavy atom. The number of rotatable bonds is 6. The van der Waals surface area contributed by atoms with E-state index in [2.05, 4.69) is 4.98 Å². The lowest BCUT2D eigenvalue weighted by Crippen LogP contribution is -2.32. The van der Waals surface area contributed by atoms with Crippen LogP contribution in [-0.2, 0) is 6.42 Å². The van der Waals surface area contributed by atoms with E-state index in [4.69, 9.17) is 5.73 Å². The van der Waals surface area contributed by atoms with E-state index in [-0.39, 0.29) is 12.6 Å². The molecule has 0 aliphatic carbocycles. The van der Waals surface area contributed by atoms with Gasteiger partial charge in [-0.1, -0.05) is 6.07 Å². The maximum atomic E-state index is 13.9. The molecule has 3 nitrogen and oxygen atoms in total. The molecule has 0 spiro atoms. The average Bonchev–Trinajstić information content (AvgIpc) is 2.49. The molecule has 0 saturated heterocycles. The first kappa shape index (κ1) is 15.5. The Morgan fingerprint density at radius 2 is 1.90 bits per heavy atom. The predicted molar refractivity (Wildman–Crippen MR) is 78.7 cm³/mol. The summed E-state index contributed by atoms with van der Waals surface area (Å²) in [6.07, 6.45) is 4.31. The third-order valence-electron chi connectivity index (χ3n) is 3.58. The molecule has 1 heterocycles. The molecule has 0 aliphatic heterocycles. The highest BCUT2D eigenvalue weighted by Crippen LogP contribution is 2.22. The SMILES string of the molecule is CN(CCc1ccncc1)C(CN)c1ccc(F)cc1F. The molecule has 1 aromatic carbocycles. The zero-order chi connectivity index (χ0) is 15.2. The van der Waals surface area contributed by atoms with Crippen LogP contribution in [0.25, 0.3) is 0 Å². The third kappa shape index (κ3) is 4.06. The molecule has 0 saturated carbocycles. The van der Waals surface area contributed by atoms with Crippen LogP contribution in [0.3, 0.4) is 0 Å². The lowest BCUT2D eigenvalue weighted by Gasteiger charge is -2.27. The van der Waals surface area contributed by atoms with Crippen molar-refractivity contribution in [3.63, 3.8) is 0 Å². The van der Waals surface area contributed by atoms with Gasteiger partial charge >= 0.3 is 0 Å². The van der Waals surface area contributed by atoms with E-state index < -0.39 is 11.6 Å². The Morgan fingerprint density at radius 1 is 1.19 bits per heavy atom. The quantitative estimate of drug-likeness (QED) is 0.889. The minimum atomic E-state index is -0.577. The first-order chi connectivity index (χ1) is 10.1. The number of halogens is 2. The van der Waals surface area contributed by atoms with Crippen LogP contribution < -0.4 is 5.73 Å². The second-order valence-corrected chi connectivity index (χ2v) is 5.00. The van der Waals surface area contributed by atoms with Gasteiger partial charge in [0.05, 0.1) is 0 Å². The smallest absolute Gasteiger partial charge is 0.130 e. The molecule has 5 heteroatoms. The molecule has 0 amide bonds. The van der Waals surface area contributed by atoms with E-state index in [1.165, 1.54) is 12.1 Å². The number of nitrogens with zero attached hydrogens (tertiary/aromatic N) is 2. The van der Waals surface area contributed by atoms with Gasteiger partial charge in [0, 0.05) is 43.2 Å². The summed E-state index contributed by atoms with van der Waals surface area (Å²) < 4.78 is 26.9. The van der Waals surface area contributed by atoms with Crippen molar-refractivity contribution in [2.75, 3.05) is 20.1 Å². The van der Waals surface area contributed by atoms with E-state index >= 15 is 0 Å². The summed E-state index contributed by atoms with van der Waals surface area (Å²) in [5, 5.41) is 0. The van der Waals surface area contributed by atoms with Crippen LogP contribution in [0.5, 0.6) is 0 Å². The highest BCUT2D eigenvalue weighted by molar-refractivity contribution is 5.22. The van der Waals surface area contributed by atoms with Crippen molar-refractivity contribution < 1.29 is 8.78 Å². The van der Waals surface area contributed by atoms with Gasteiger partial charge in [-0.15, -0.1) is 0 Å². The minimum Gasteiger partial charge on any atom is -0.329 e. The van der Waals surface area contributed by atoms with E-state index in [1.807, 2.05) is 24.1 Å². The first-order valence-electron chi connectivity index (χ1n) is 6.86. The molecule has 2 aromatic rings. The van der Waals surface area contributed by atoms with Crippen LogP contribution >= 0.6 is 0 Å². The van der Waals surface area contributed by atoms with Gasteiger partial charge in [-0.25, -0.2) is 8.78 Å². The van der Waals surface area contributed by atoms with Gasteiger partial charge in [0.1, 0.15) is 11.6 Å². The first-order valence-corrected chi connectivity index (χ1v) is 6.86. The molecule has 2 N–H and O–H groups in total. The summed E-state index contributed by atoms with van der Waals surface area (Å²) in [5.41, 5.74) is 7.36. The van der Waals surface area contributed by atoms with Crippen molar-refractivity contribution in [1.82, 2.24) is 9.88 Å². The van der Waals surface area contributed by atoms with E-state index in [1.54, 1.807) is 12.4 Å². The lowest BCUT2D eigenvalue weighted by molar-refractivity contribution is 0.247. The fraction of sp³-hybridized carbons (Fsp3) is 0.312. The normalized spacial score (nSPS) is 12.6. The number of aromatic nitrogens is 1. The van der Waals surface area contributed by atoms with Crippen molar-refractivity contribution in [2.24, 2.45) is 5.73 Å². The van der Waals surface area contributed by atoms with E-state index in [9.17, 15) is 8.78 Å². The van der Waals surface area contributed by atoms with Gasteiger partial charge in [0.15, 0.2) is 0 Å². The Kier molecular flexibility index (Phi) is 5.36. The summed E-state index contributed by atoms with van der Waals surface area (Å²) in [4.78, 5) is 5.96. The van der Waals surface area contributed by atoms with Crippen molar-refractivity contribution in [3.8, 4) is 0 Å². The zero-order valence-corrected chi connectivity index (χ0v) is 12.0. The van der Waals surface area contributed by atoms with Crippen molar-refractivity contribution in [1.29, 1.82) is 0 Å². The monoisotopic (exact) mass is 291 g/mol. The minimum absolute atomic E-state index is 0.271. The second kappa shape index (κ2) is 7.24. The van der Waals surface area contributed by atoms with Crippen molar-refractivity contribution in [3.05, 3.63) is 65.5 Å². The van der Waals surface area contributed by atoms with Crippen LogP contribution in [-0.4, -0.2) is 30.0 Å². The fourth-order valence-corrected chi connectivity index (χ4v) is 2.33. The molecule has 2 rings (SSSR count). The number of hydrogen-bond donors (Lipinski definition) is 1. The Labute approximate surface area is 123 Å². The maximum Gasteiger partial charge on any atom is 0.130 e. The number of pyridine rings is 1. The molecular formula is C16H19F2N3. The third-order valence-corrected chi connectivity index (χ3v) is 3.58.